The van der Waals surface area contributed by atoms with E-state index >= 15 is 0 Å². The molecule has 3 aromatic carbocycles. The Morgan fingerprint density at radius 1 is 0.970 bits per heavy atom. The highest BCUT2D eigenvalue weighted by Crippen LogP contribution is 2.34. The first kappa shape index (κ1) is 23.3. The van der Waals surface area contributed by atoms with E-state index in [1.807, 2.05) is 55.5 Å². The van der Waals surface area contributed by atoms with Crippen molar-refractivity contribution in [3.8, 4) is 11.3 Å². The minimum Gasteiger partial charge on any atom is -0.478 e. The lowest BCUT2D eigenvalue weighted by atomic mass is 9.86. The Labute approximate surface area is 204 Å². The van der Waals surface area contributed by atoms with Gasteiger partial charge in [-0.2, -0.15) is 0 Å². The summed E-state index contributed by atoms with van der Waals surface area (Å²) in [7, 11) is 0. The second kappa shape index (κ2) is 9.94. The number of hydrogen-bond donors (Lipinski definition) is 1. The molecule has 1 N–H and O–H groups in total. The van der Waals surface area contributed by atoms with Gasteiger partial charge in [-0.25, -0.2) is 9.78 Å². The molecular weight excluding hydrogens is 453 g/mol. The van der Waals surface area contributed by atoms with E-state index in [1.165, 1.54) is 5.56 Å². The molecule has 0 amide bonds. The number of carboxylic acids is 1. The molecule has 33 heavy (non-hydrogen) atoms. The van der Waals surface area contributed by atoms with Crippen LogP contribution in [0, 0.1) is 6.92 Å². The molecule has 0 aliphatic carbocycles. The van der Waals surface area contributed by atoms with Crippen LogP contribution < -0.4 is 0 Å². The van der Waals surface area contributed by atoms with Gasteiger partial charge in [0, 0.05) is 21.0 Å². The largest absolute Gasteiger partial charge is 0.478 e. The van der Waals surface area contributed by atoms with Crippen molar-refractivity contribution in [2.45, 2.75) is 39.0 Å². The molecule has 168 valence electrons. The van der Waals surface area contributed by atoms with Crippen LogP contribution in [0.4, 0.5) is 0 Å². The molecule has 1 aromatic heterocycles. The van der Waals surface area contributed by atoms with Gasteiger partial charge < -0.3 is 5.11 Å². The van der Waals surface area contributed by atoms with Crippen molar-refractivity contribution in [2.24, 2.45) is 0 Å². The third-order valence-electron chi connectivity index (χ3n) is 6.03. The van der Waals surface area contributed by atoms with Gasteiger partial charge in [-0.05, 0) is 84.8 Å². The number of fused-ring (bicyclic) bond motifs is 1. The Morgan fingerprint density at radius 3 is 2.30 bits per heavy atom. The highest BCUT2D eigenvalue weighted by Gasteiger charge is 2.17. The molecule has 3 nitrogen and oxygen atoms in total. The molecule has 0 aliphatic heterocycles. The van der Waals surface area contributed by atoms with Gasteiger partial charge in [0.2, 0.25) is 0 Å². The molecule has 0 saturated heterocycles. The number of aromatic nitrogens is 1. The number of halogens is 2. The first-order chi connectivity index (χ1) is 15.9. The van der Waals surface area contributed by atoms with Gasteiger partial charge in [-0.3, -0.25) is 0 Å². The van der Waals surface area contributed by atoms with E-state index < -0.39 is 5.97 Å². The fourth-order valence-electron chi connectivity index (χ4n) is 4.36. The van der Waals surface area contributed by atoms with E-state index in [2.05, 4.69) is 13.0 Å². The summed E-state index contributed by atoms with van der Waals surface area (Å²) in [5, 5.41) is 11.7. The molecule has 0 bridgehead atoms. The van der Waals surface area contributed by atoms with Gasteiger partial charge >= 0.3 is 5.97 Å². The summed E-state index contributed by atoms with van der Waals surface area (Å²) in [4.78, 5) is 16.2. The van der Waals surface area contributed by atoms with Crippen molar-refractivity contribution in [3.63, 3.8) is 0 Å². The summed E-state index contributed by atoms with van der Waals surface area (Å²) < 4.78 is 0. The van der Waals surface area contributed by atoms with Crippen molar-refractivity contribution in [3.05, 3.63) is 99.0 Å². The second-order valence-electron chi connectivity index (χ2n) is 8.41. The standard InChI is InChI=1S/C28H25Cl2NO2/c1-3-4-21(18-5-7-20(8-6-18)28(32)33)14-22-15-26(19-9-11-23(29)12-10-19)31-27-17(2)13-24(30)16-25(22)27/h5-13,15-16,21H,3-4,14H2,1-2H3,(H,32,33)/t21-/m0/s1. The Hall–Kier alpha value is -2.88. The van der Waals surface area contributed by atoms with Crippen LogP contribution in [0.15, 0.2) is 66.7 Å². The second-order valence-corrected chi connectivity index (χ2v) is 9.28. The number of pyridine rings is 1. The van der Waals surface area contributed by atoms with E-state index in [4.69, 9.17) is 28.2 Å². The number of benzene rings is 3. The fourth-order valence-corrected chi connectivity index (χ4v) is 4.76. The zero-order valence-corrected chi connectivity index (χ0v) is 20.1. The minimum absolute atomic E-state index is 0.251. The number of rotatable bonds is 7. The highest BCUT2D eigenvalue weighted by atomic mass is 35.5. The average molecular weight is 478 g/mol. The molecule has 1 heterocycles. The summed E-state index contributed by atoms with van der Waals surface area (Å²) in [6, 6.07) is 21.1. The highest BCUT2D eigenvalue weighted by molar-refractivity contribution is 6.31. The average Bonchev–Trinajstić information content (AvgIpc) is 2.79. The van der Waals surface area contributed by atoms with Crippen LogP contribution in [0.25, 0.3) is 22.2 Å². The summed E-state index contributed by atoms with van der Waals surface area (Å²) in [6.07, 6.45) is 2.82. The lowest BCUT2D eigenvalue weighted by Gasteiger charge is -2.20. The van der Waals surface area contributed by atoms with Crippen LogP contribution in [-0.4, -0.2) is 16.1 Å². The molecule has 5 heteroatoms. The third-order valence-corrected chi connectivity index (χ3v) is 6.50. The molecule has 0 unspecified atom stereocenters. The maximum Gasteiger partial charge on any atom is 0.335 e. The minimum atomic E-state index is -0.911. The summed E-state index contributed by atoms with van der Waals surface area (Å²) in [5.74, 6) is -0.660. The molecular formula is C28H25Cl2NO2. The molecule has 0 fully saturated rings. The number of aromatic carboxylic acids is 1. The SMILES string of the molecule is CCC[C@@H](Cc1cc(-c2ccc(Cl)cc2)nc2c(C)cc(Cl)cc12)c1ccc(C(=O)O)cc1. The van der Waals surface area contributed by atoms with Gasteiger partial charge in [0.25, 0.3) is 0 Å². The molecule has 1 atom stereocenters. The number of nitrogens with zero attached hydrogens (tertiary/aromatic N) is 1. The zero-order chi connectivity index (χ0) is 23.5. The molecule has 0 saturated carbocycles. The van der Waals surface area contributed by atoms with Gasteiger partial charge in [0.15, 0.2) is 0 Å². The predicted molar refractivity (Wildman–Crippen MR) is 137 cm³/mol. The maximum atomic E-state index is 11.3. The van der Waals surface area contributed by atoms with Crippen LogP contribution in [0.1, 0.15) is 52.7 Å². The molecule has 4 aromatic rings. The smallest absolute Gasteiger partial charge is 0.335 e. The molecule has 0 radical (unpaired) electrons. The first-order valence-corrected chi connectivity index (χ1v) is 11.8. The molecule has 0 spiro atoms. The van der Waals surface area contributed by atoms with Gasteiger partial charge in [-0.1, -0.05) is 60.8 Å². The van der Waals surface area contributed by atoms with Crippen molar-refractivity contribution in [1.29, 1.82) is 0 Å². The Balaban J connectivity index is 1.82. The Kier molecular flexibility index (Phi) is 7.02. The summed E-state index contributed by atoms with van der Waals surface area (Å²) in [5.41, 5.74) is 6.50. The number of aryl methyl sites for hydroxylation is 1. The summed E-state index contributed by atoms with van der Waals surface area (Å²) in [6.45, 7) is 4.20. The van der Waals surface area contributed by atoms with Crippen LogP contribution >= 0.6 is 23.2 Å². The molecule has 0 aliphatic rings. The lowest BCUT2D eigenvalue weighted by Crippen LogP contribution is -2.06. The number of carboxylic acid groups (broad SMARTS) is 1. The van der Waals surface area contributed by atoms with E-state index in [0.29, 0.717) is 15.6 Å². The van der Waals surface area contributed by atoms with E-state index in [1.54, 1.807) is 12.1 Å². The first-order valence-electron chi connectivity index (χ1n) is 11.0. The molecule has 4 rings (SSSR count). The number of hydrogen-bond acceptors (Lipinski definition) is 2. The summed E-state index contributed by atoms with van der Waals surface area (Å²) >= 11 is 12.5. The normalized spacial score (nSPS) is 12.1. The lowest BCUT2D eigenvalue weighted by molar-refractivity contribution is 0.0697. The van der Waals surface area contributed by atoms with E-state index in [-0.39, 0.29) is 5.92 Å². The quantitative estimate of drug-likeness (QED) is 0.290. The van der Waals surface area contributed by atoms with Crippen LogP contribution in [0.5, 0.6) is 0 Å². The van der Waals surface area contributed by atoms with Crippen molar-refractivity contribution < 1.29 is 9.90 Å². The monoisotopic (exact) mass is 477 g/mol. The van der Waals surface area contributed by atoms with E-state index in [9.17, 15) is 9.90 Å². The maximum absolute atomic E-state index is 11.3. The van der Waals surface area contributed by atoms with Gasteiger partial charge in [-0.15, -0.1) is 0 Å². The Bertz CT molecular complexity index is 1300. The van der Waals surface area contributed by atoms with Crippen molar-refractivity contribution >= 4 is 40.1 Å². The predicted octanol–water partition coefficient (Wildman–Crippen LogP) is 8.34. The van der Waals surface area contributed by atoms with E-state index in [0.717, 1.165) is 52.5 Å². The van der Waals surface area contributed by atoms with Gasteiger partial charge in [0.05, 0.1) is 16.8 Å². The van der Waals surface area contributed by atoms with Crippen molar-refractivity contribution in [1.82, 2.24) is 4.98 Å². The fraction of sp³-hybridized carbons (Fsp3) is 0.214. The van der Waals surface area contributed by atoms with Crippen LogP contribution in [-0.2, 0) is 6.42 Å². The van der Waals surface area contributed by atoms with Gasteiger partial charge in [0.1, 0.15) is 0 Å². The zero-order valence-electron chi connectivity index (χ0n) is 18.6. The van der Waals surface area contributed by atoms with Crippen molar-refractivity contribution in [2.75, 3.05) is 0 Å². The van der Waals surface area contributed by atoms with Crippen LogP contribution in [0.3, 0.4) is 0 Å². The third kappa shape index (κ3) is 5.21. The number of carbonyl (C=O) groups is 1. The Morgan fingerprint density at radius 2 is 1.67 bits per heavy atom. The topological polar surface area (TPSA) is 50.2 Å². The van der Waals surface area contributed by atoms with Crippen LogP contribution in [0.2, 0.25) is 10.0 Å².